The highest BCUT2D eigenvalue weighted by atomic mass is 32.1. The number of benzene rings is 1. The van der Waals surface area contributed by atoms with Crippen LogP contribution in [0.2, 0.25) is 0 Å². The van der Waals surface area contributed by atoms with Crippen LogP contribution in [-0.2, 0) is 11.2 Å². The molecule has 3 heterocycles. The van der Waals surface area contributed by atoms with Crippen LogP contribution in [0.1, 0.15) is 12.3 Å². The van der Waals surface area contributed by atoms with Gasteiger partial charge >= 0.3 is 0 Å². The van der Waals surface area contributed by atoms with E-state index < -0.39 is 0 Å². The fraction of sp³-hybridized carbons (Fsp3) is 0.158. The van der Waals surface area contributed by atoms with Crippen LogP contribution >= 0.6 is 22.7 Å². The standard InChI is InChI=1S/C19H16N4O2S2/c1-2-10-23(19-20-14-5-3-4-6-15(14)27-19)17(24)8-7-16-21-18(22-25-16)13-9-11-26-12-13/h2-6,9,11-12H,1,7-8,10H2. The maximum atomic E-state index is 12.8. The lowest BCUT2D eigenvalue weighted by Crippen LogP contribution is -2.31. The lowest BCUT2D eigenvalue weighted by Gasteiger charge is -2.17. The lowest BCUT2D eigenvalue weighted by molar-refractivity contribution is -0.118. The summed E-state index contributed by atoms with van der Waals surface area (Å²) in [5.74, 6) is 0.949. The first-order valence-electron chi connectivity index (χ1n) is 8.36. The molecule has 0 saturated heterocycles. The Morgan fingerprint density at radius 2 is 2.15 bits per heavy atom. The Morgan fingerprint density at radius 1 is 1.26 bits per heavy atom. The van der Waals surface area contributed by atoms with Gasteiger partial charge in [-0.1, -0.05) is 34.7 Å². The summed E-state index contributed by atoms with van der Waals surface area (Å²) in [5.41, 5.74) is 1.81. The molecule has 8 heteroatoms. The first kappa shape index (κ1) is 17.6. The minimum absolute atomic E-state index is 0.0516. The highest BCUT2D eigenvalue weighted by Gasteiger charge is 2.19. The minimum atomic E-state index is -0.0516. The van der Waals surface area contributed by atoms with Gasteiger partial charge in [0.1, 0.15) is 0 Å². The smallest absolute Gasteiger partial charge is 0.229 e. The van der Waals surface area contributed by atoms with E-state index in [2.05, 4.69) is 21.7 Å². The molecule has 3 aromatic heterocycles. The monoisotopic (exact) mass is 396 g/mol. The summed E-state index contributed by atoms with van der Waals surface area (Å²) in [5, 5.41) is 8.56. The lowest BCUT2D eigenvalue weighted by atomic mass is 10.2. The number of para-hydroxylation sites is 1. The van der Waals surface area contributed by atoms with Crippen molar-refractivity contribution in [1.82, 2.24) is 15.1 Å². The van der Waals surface area contributed by atoms with Crippen LogP contribution in [0.4, 0.5) is 5.13 Å². The molecule has 0 spiro atoms. The number of thiazole rings is 1. The molecular weight excluding hydrogens is 380 g/mol. The summed E-state index contributed by atoms with van der Waals surface area (Å²) in [7, 11) is 0. The average Bonchev–Trinajstić information content (AvgIpc) is 3.43. The molecule has 0 aliphatic rings. The second-order valence-corrected chi connectivity index (χ2v) is 7.57. The normalized spacial score (nSPS) is 11.0. The second-order valence-electron chi connectivity index (χ2n) is 5.78. The number of carbonyl (C=O) groups is 1. The molecule has 0 saturated carbocycles. The van der Waals surface area contributed by atoms with Gasteiger partial charge < -0.3 is 4.52 Å². The minimum Gasteiger partial charge on any atom is -0.339 e. The van der Waals surface area contributed by atoms with E-state index in [1.165, 1.54) is 11.3 Å². The van der Waals surface area contributed by atoms with Crippen LogP contribution in [0.3, 0.4) is 0 Å². The molecule has 0 unspecified atom stereocenters. The molecule has 0 radical (unpaired) electrons. The van der Waals surface area contributed by atoms with E-state index in [9.17, 15) is 4.79 Å². The van der Waals surface area contributed by atoms with Crippen molar-refractivity contribution >= 4 is 43.9 Å². The number of rotatable bonds is 7. The van der Waals surface area contributed by atoms with E-state index in [0.717, 1.165) is 15.8 Å². The van der Waals surface area contributed by atoms with Crippen molar-refractivity contribution < 1.29 is 9.32 Å². The van der Waals surface area contributed by atoms with Crippen LogP contribution in [0.5, 0.6) is 0 Å². The number of thiophene rings is 1. The maximum absolute atomic E-state index is 12.8. The highest BCUT2D eigenvalue weighted by Crippen LogP contribution is 2.29. The number of amides is 1. The molecule has 4 rings (SSSR count). The van der Waals surface area contributed by atoms with Crippen molar-refractivity contribution in [3.05, 3.63) is 59.6 Å². The Bertz CT molecular complexity index is 1040. The fourth-order valence-electron chi connectivity index (χ4n) is 2.61. The van der Waals surface area contributed by atoms with E-state index in [1.807, 2.05) is 41.1 Å². The van der Waals surface area contributed by atoms with E-state index >= 15 is 0 Å². The SMILES string of the molecule is C=CCN(C(=O)CCc1nc(-c2ccsc2)no1)c1nc2ccccc2s1. The van der Waals surface area contributed by atoms with Gasteiger partial charge in [-0.2, -0.15) is 16.3 Å². The van der Waals surface area contributed by atoms with Crippen LogP contribution in [0.15, 0.2) is 58.3 Å². The largest absolute Gasteiger partial charge is 0.339 e. The summed E-state index contributed by atoms with van der Waals surface area (Å²) in [4.78, 5) is 23.4. The summed E-state index contributed by atoms with van der Waals surface area (Å²) in [6, 6.07) is 9.77. The molecular formula is C19H16N4O2S2. The quantitative estimate of drug-likeness (QED) is 0.428. The molecule has 4 aromatic rings. The van der Waals surface area contributed by atoms with Gasteiger partial charge in [-0.05, 0) is 23.6 Å². The van der Waals surface area contributed by atoms with Crippen LogP contribution in [0, 0.1) is 0 Å². The summed E-state index contributed by atoms with van der Waals surface area (Å²) in [6.45, 7) is 4.16. The van der Waals surface area contributed by atoms with E-state index in [1.54, 1.807) is 22.3 Å². The van der Waals surface area contributed by atoms with E-state index in [4.69, 9.17) is 4.52 Å². The third-order valence-corrected chi connectivity index (χ3v) is 5.67. The Labute approximate surface area is 163 Å². The van der Waals surface area contributed by atoms with E-state index in [0.29, 0.717) is 29.8 Å². The number of hydrogen-bond donors (Lipinski definition) is 0. The summed E-state index contributed by atoms with van der Waals surface area (Å²) in [6.07, 6.45) is 2.34. The fourth-order valence-corrected chi connectivity index (χ4v) is 4.23. The first-order valence-corrected chi connectivity index (χ1v) is 10.1. The average molecular weight is 396 g/mol. The summed E-state index contributed by atoms with van der Waals surface area (Å²) >= 11 is 3.07. The number of anilines is 1. The van der Waals surface area contributed by atoms with Crippen molar-refractivity contribution in [2.24, 2.45) is 0 Å². The number of carbonyl (C=O) groups excluding carboxylic acids is 1. The number of hydrogen-bond acceptors (Lipinski definition) is 7. The maximum Gasteiger partial charge on any atom is 0.229 e. The zero-order valence-corrected chi connectivity index (χ0v) is 16.0. The third-order valence-electron chi connectivity index (χ3n) is 3.93. The number of aromatic nitrogens is 3. The molecule has 0 N–H and O–H groups in total. The Hall–Kier alpha value is -2.84. The van der Waals surface area contributed by atoms with Gasteiger partial charge in [0.25, 0.3) is 0 Å². The van der Waals surface area contributed by atoms with Crippen LogP contribution in [0.25, 0.3) is 21.6 Å². The van der Waals surface area contributed by atoms with Gasteiger partial charge in [0.2, 0.25) is 17.6 Å². The molecule has 0 atom stereocenters. The third kappa shape index (κ3) is 3.81. The van der Waals surface area contributed by atoms with Crippen molar-refractivity contribution in [2.45, 2.75) is 12.8 Å². The molecule has 0 fully saturated rings. The predicted octanol–water partition coefficient (Wildman–Crippen LogP) is 4.56. The van der Waals surface area contributed by atoms with Crippen molar-refractivity contribution in [3.63, 3.8) is 0 Å². The Morgan fingerprint density at radius 3 is 2.93 bits per heavy atom. The van der Waals surface area contributed by atoms with Crippen LogP contribution in [-0.4, -0.2) is 27.6 Å². The van der Waals surface area contributed by atoms with Gasteiger partial charge in [0, 0.05) is 30.3 Å². The summed E-state index contributed by atoms with van der Waals surface area (Å²) < 4.78 is 6.32. The Balaban J connectivity index is 1.47. The molecule has 0 aliphatic heterocycles. The topological polar surface area (TPSA) is 72.1 Å². The van der Waals surface area contributed by atoms with Gasteiger partial charge in [-0.15, -0.1) is 6.58 Å². The molecule has 0 aliphatic carbocycles. The van der Waals surface area contributed by atoms with Gasteiger partial charge in [-0.25, -0.2) is 4.98 Å². The van der Waals surface area contributed by atoms with Crippen molar-refractivity contribution in [3.8, 4) is 11.4 Å². The highest BCUT2D eigenvalue weighted by molar-refractivity contribution is 7.22. The Kier molecular flexibility index (Phi) is 5.08. The van der Waals surface area contributed by atoms with Crippen molar-refractivity contribution in [2.75, 3.05) is 11.4 Å². The van der Waals surface area contributed by atoms with Gasteiger partial charge in [0.15, 0.2) is 5.13 Å². The number of fused-ring (bicyclic) bond motifs is 1. The van der Waals surface area contributed by atoms with E-state index in [-0.39, 0.29) is 12.3 Å². The molecule has 1 aromatic carbocycles. The van der Waals surface area contributed by atoms with Crippen LogP contribution < -0.4 is 4.90 Å². The molecule has 0 bridgehead atoms. The molecule has 27 heavy (non-hydrogen) atoms. The second kappa shape index (κ2) is 7.81. The zero-order chi connectivity index (χ0) is 18.6. The predicted molar refractivity (Wildman–Crippen MR) is 108 cm³/mol. The molecule has 6 nitrogen and oxygen atoms in total. The van der Waals surface area contributed by atoms with Gasteiger partial charge in [0.05, 0.1) is 10.2 Å². The number of aryl methyl sites for hydroxylation is 1. The molecule has 136 valence electrons. The van der Waals surface area contributed by atoms with Crippen molar-refractivity contribution in [1.29, 1.82) is 0 Å². The number of nitrogens with zero attached hydrogens (tertiary/aromatic N) is 4. The zero-order valence-electron chi connectivity index (χ0n) is 14.4. The first-order chi connectivity index (χ1) is 13.2. The molecule has 1 amide bonds. The van der Waals surface area contributed by atoms with Gasteiger partial charge in [-0.3, -0.25) is 9.69 Å².